The molecular weight excluding hydrogens is 308 g/mol. The Morgan fingerprint density at radius 3 is 2.52 bits per heavy atom. The van der Waals surface area contributed by atoms with Crippen molar-refractivity contribution in [1.29, 1.82) is 0 Å². The maximum absolute atomic E-state index is 13.1. The van der Waals surface area contributed by atoms with Crippen LogP contribution in [0.4, 0.5) is 5.69 Å². The molecule has 0 spiro atoms. The predicted octanol–water partition coefficient (Wildman–Crippen LogP) is 4.37. The van der Waals surface area contributed by atoms with Crippen molar-refractivity contribution in [3.8, 4) is 0 Å². The van der Waals surface area contributed by atoms with Crippen LogP contribution in [0.2, 0.25) is 0 Å². The minimum atomic E-state index is 0.0245. The van der Waals surface area contributed by atoms with E-state index >= 15 is 0 Å². The first-order valence-electron chi connectivity index (χ1n) is 8.80. The molecule has 1 aliphatic heterocycles. The number of nitrogens with zero attached hydrogens (tertiary/aromatic N) is 2. The highest BCUT2D eigenvalue weighted by Crippen LogP contribution is 2.31. The first-order chi connectivity index (χ1) is 12.2. The summed E-state index contributed by atoms with van der Waals surface area (Å²) in [5.41, 5.74) is 4.77. The van der Waals surface area contributed by atoms with E-state index in [1.165, 1.54) is 16.7 Å². The van der Waals surface area contributed by atoms with Crippen molar-refractivity contribution in [3.63, 3.8) is 0 Å². The summed E-state index contributed by atoms with van der Waals surface area (Å²) in [7, 11) is 0. The molecule has 0 N–H and O–H groups in total. The molecule has 3 heteroatoms. The summed E-state index contributed by atoms with van der Waals surface area (Å²) in [6.07, 6.45) is 5.50. The van der Waals surface area contributed by atoms with Crippen LogP contribution in [0.3, 0.4) is 0 Å². The SMILES string of the molecule is Cc1ccccc1C(CC(=O)N1CCc2ccccc21)n1cccc1. The van der Waals surface area contributed by atoms with Crippen LogP contribution < -0.4 is 4.90 Å². The van der Waals surface area contributed by atoms with Crippen molar-refractivity contribution >= 4 is 11.6 Å². The number of aryl methyl sites for hydroxylation is 1. The van der Waals surface area contributed by atoms with Gasteiger partial charge in [-0.2, -0.15) is 0 Å². The van der Waals surface area contributed by atoms with E-state index in [9.17, 15) is 4.79 Å². The fourth-order valence-electron chi connectivity index (χ4n) is 3.77. The first kappa shape index (κ1) is 15.7. The molecular formula is C22H22N2O. The summed E-state index contributed by atoms with van der Waals surface area (Å²) < 4.78 is 2.14. The van der Waals surface area contributed by atoms with Gasteiger partial charge in [-0.25, -0.2) is 0 Å². The monoisotopic (exact) mass is 330 g/mol. The minimum absolute atomic E-state index is 0.0245. The zero-order valence-corrected chi connectivity index (χ0v) is 14.4. The molecule has 1 atom stereocenters. The first-order valence-corrected chi connectivity index (χ1v) is 8.80. The van der Waals surface area contributed by atoms with E-state index in [4.69, 9.17) is 0 Å². The number of hydrogen-bond acceptors (Lipinski definition) is 1. The summed E-state index contributed by atoms with van der Waals surface area (Å²) in [6, 6.07) is 20.6. The van der Waals surface area contributed by atoms with Crippen molar-refractivity contribution in [2.24, 2.45) is 0 Å². The lowest BCUT2D eigenvalue weighted by molar-refractivity contribution is -0.119. The Bertz CT molecular complexity index is 883. The van der Waals surface area contributed by atoms with Gasteiger partial charge in [-0.1, -0.05) is 42.5 Å². The molecule has 0 bridgehead atoms. The number of amides is 1. The second-order valence-corrected chi connectivity index (χ2v) is 6.63. The van der Waals surface area contributed by atoms with E-state index in [0.717, 1.165) is 18.7 Å². The molecule has 1 aromatic heterocycles. The number of rotatable bonds is 4. The zero-order chi connectivity index (χ0) is 17.2. The van der Waals surface area contributed by atoms with Crippen LogP contribution in [0.1, 0.15) is 29.2 Å². The summed E-state index contributed by atoms with van der Waals surface area (Å²) >= 11 is 0. The lowest BCUT2D eigenvalue weighted by atomic mass is 9.98. The number of fused-ring (bicyclic) bond motifs is 1. The Balaban J connectivity index is 1.64. The number of para-hydroxylation sites is 1. The summed E-state index contributed by atoms with van der Waals surface area (Å²) in [4.78, 5) is 15.1. The molecule has 0 radical (unpaired) electrons. The molecule has 25 heavy (non-hydrogen) atoms. The highest BCUT2D eigenvalue weighted by Gasteiger charge is 2.27. The standard InChI is InChI=1S/C22H22N2O/c1-17-8-2-4-10-19(17)21(23-13-6-7-14-23)16-22(25)24-15-12-18-9-3-5-11-20(18)24/h2-11,13-14,21H,12,15-16H2,1H3. The molecule has 0 saturated heterocycles. The van der Waals surface area contributed by atoms with Crippen LogP contribution in [0, 0.1) is 6.92 Å². The Kier molecular flexibility index (Phi) is 4.14. The number of aromatic nitrogens is 1. The third-order valence-electron chi connectivity index (χ3n) is 5.09. The van der Waals surface area contributed by atoms with Crippen LogP contribution >= 0.6 is 0 Å². The number of carbonyl (C=O) groups is 1. The smallest absolute Gasteiger partial charge is 0.229 e. The summed E-state index contributed by atoms with van der Waals surface area (Å²) in [6.45, 7) is 2.89. The maximum Gasteiger partial charge on any atom is 0.229 e. The van der Waals surface area contributed by atoms with E-state index in [0.29, 0.717) is 6.42 Å². The van der Waals surface area contributed by atoms with Crippen molar-refractivity contribution in [2.45, 2.75) is 25.8 Å². The molecule has 126 valence electrons. The van der Waals surface area contributed by atoms with Crippen LogP contribution in [0.5, 0.6) is 0 Å². The van der Waals surface area contributed by atoms with E-state index in [1.807, 2.05) is 47.6 Å². The lowest BCUT2D eigenvalue weighted by Crippen LogP contribution is -2.31. The van der Waals surface area contributed by atoms with Crippen LogP contribution in [0.25, 0.3) is 0 Å². The highest BCUT2D eigenvalue weighted by molar-refractivity contribution is 5.95. The molecule has 2 aromatic carbocycles. The lowest BCUT2D eigenvalue weighted by Gasteiger charge is -2.24. The van der Waals surface area contributed by atoms with Gasteiger partial charge in [0.05, 0.1) is 12.5 Å². The zero-order valence-electron chi connectivity index (χ0n) is 14.4. The quantitative estimate of drug-likeness (QED) is 0.697. The number of anilines is 1. The number of hydrogen-bond donors (Lipinski definition) is 0. The average Bonchev–Trinajstić information content (AvgIpc) is 3.30. The number of carbonyl (C=O) groups excluding carboxylic acids is 1. The van der Waals surface area contributed by atoms with Gasteiger partial charge in [0.25, 0.3) is 0 Å². The molecule has 0 fully saturated rings. The number of benzene rings is 2. The van der Waals surface area contributed by atoms with Crippen molar-refractivity contribution in [3.05, 3.63) is 89.7 Å². The van der Waals surface area contributed by atoms with E-state index in [2.05, 4.69) is 41.8 Å². The molecule has 1 amide bonds. The second-order valence-electron chi connectivity index (χ2n) is 6.63. The fourth-order valence-corrected chi connectivity index (χ4v) is 3.77. The second kappa shape index (κ2) is 6.60. The summed E-state index contributed by atoms with van der Waals surface area (Å²) in [5.74, 6) is 0.187. The molecule has 0 aliphatic carbocycles. The minimum Gasteiger partial charge on any atom is -0.346 e. The van der Waals surface area contributed by atoms with Gasteiger partial charge >= 0.3 is 0 Å². The van der Waals surface area contributed by atoms with Gasteiger partial charge < -0.3 is 9.47 Å². The Morgan fingerprint density at radius 1 is 1.00 bits per heavy atom. The van der Waals surface area contributed by atoms with Gasteiger partial charge in [0.2, 0.25) is 5.91 Å². The third kappa shape index (κ3) is 2.98. The third-order valence-corrected chi connectivity index (χ3v) is 5.09. The van der Waals surface area contributed by atoms with Crippen molar-refractivity contribution in [2.75, 3.05) is 11.4 Å². The molecule has 3 aromatic rings. The van der Waals surface area contributed by atoms with Crippen molar-refractivity contribution in [1.82, 2.24) is 4.57 Å². The van der Waals surface area contributed by atoms with Gasteiger partial charge in [-0.3, -0.25) is 4.79 Å². The van der Waals surface area contributed by atoms with E-state index < -0.39 is 0 Å². The molecule has 1 unspecified atom stereocenters. The molecule has 1 aliphatic rings. The highest BCUT2D eigenvalue weighted by atomic mass is 16.2. The Labute approximate surface area is 148 Å². The van der Waals surface area contributed by atoms with Gasteiger partial charge in [0.15, 0.2) is 0 Å². The van der Waals surface area contributed by atoms with Crippen LogP contribution in [-0.4, -0.2) is 17.0 Å². The summed E-state index contributed by atoms with van der Waals surface area (Å²) in [5, 5.41) is 0. The van der Waals surface area contributed by atoms with Gasteiger partial charge in [-0.15, -0.1) is 0 Å². The predicted molar refractivity (Wildman–Crippen MR) is 101 cm³/mol. The molecule has 0 saturated carbocycles. The van der Waals surface area contributed by atoms with Gasteiger partial charge in [0, 0.05) is 24.6 Å². The van der Waals surface area contributed by atoms with Gasteiger partial charge in [-0.05, 0) is 48.2 Å². The normalized spacial score (nSPS) is 14.4. The fraction of sp³-hybridized carbons (Fsp3) is 0.227. The Hall–Kier alpha value is -2.81. The van der Waals surface area contributed by atoms with Gasteiger partial charge in [0.1, 0.15) is 0 Å². The van der Waals surface area contributed by atoms with Crippen molar-refractivity contribution < 1.29 is 4.79 Å². The van der Waals surface area contributed by atoms with E-state index in [1.54, 1.807) is 0 Å². The maximum atomic E-state index is 13.1. The van der Waals surface area contributed by atoms with E-state index in [-0.39, 0.29) is 11.9 Å². The molecule has 3 nitrogen and oxygen atoms in total. The molecule has 2 heterocycles. The average molecular weight is 330 g/mol. The molecule has 4 rings (SSSR count). The topological polar surface area (TPSA) is 25.2 Å². The van der Waals surface area contributed by atoms with Crippen LogP contribution in [-0.2, 0) is 11.2 Å². The van der Waals surface area contributed by atoms with Crippen LogP contribution in [0.15, 0.2) is 73.1 Å². The largest absolute Gasteiger partial charge is 0.346 e. The Morgan fingerprint density at radius 2 is 1.72 bits per heavy atom.